The number of urea groups is 1. The van der Waals surface area contributed by atoms with Gasteiger partial charge in [-0.05, 0) is 46.2 Å². The molecule has 0 saturated carbocycles. The maximum atomic E-state index is 11.6. The van der Waals surface area contributed by atoms with Crippen molar-refractivity contribution in [2.75, 3.05) is 26.7 Å². The van der Waals surface area contributed by atoms with Crippen molar-refractivity contribution in [1.29, 1.82) is 0 Å². The van der Waals surface area contributed by atoms with Crippen LogP contribution in [-0.2, 0) is 4.79 Å². The van der Waals surface area contributed by atoms with Crippen LogP contribution >= 0.6 is 0 Å². The quantitative estimate of drug-likeness (QED) is 0.509. The van der Waals surface area contributed by atoms with Crippen molar-refractivity contribution in [2.45, 2.75) is 52.5 Å². The molecule has 3 N–H and O–H groups in total. The Balaban J connectivity index is 3.64. The molecule has 0 aliphatic rings. The second-order valence-corrected chi connectivity index (χ2v) is 5.79. The number of carboxylic acid groups (broad SMARTS) is 1. The molecule has 0 saturated heterocycles. The molecule has 0 fully saturated rings. The molecule has 0 radical (unpaired) electrons. The molecule has 0 aromatic rings. The van der Waals surface area contributed by atoms with Gasteiger partial charge in [0.15, 0.2) is 0 Å². The lowest BCUT2D eigenvalue weighted by Crippen LogP contribution is -2.39. The van der Waals surface area contributed by atoms with Crippen LogP contribution in [0.5, 0.6) is 0 Å². The average Bonchev–Trinajstić information content (AvgIpc) is 2.42. The van der Waals surface area contributed by atoms with Crippen LogP contribution in [0.25, 0.3) is 0 Å². The van der Waals surface area contributed by atoms with E-state index >= 15 is 0 Å². The SMILES string of the molecule is CCC(CNC(=O)NCCCCN(C)C(C)C)CC(=O)O. The second-order valence-electron chi connectivity index (χ2n) is 5.79. The third kappa shape index (κ3) is 11.1. The van der Waals surface area contributed by atoms with Gasteiger partial charge in [-0.3, -0.25) is 4.79 Å². The summed E-state index contributed by atoms with van der Waals surface area (Å²) in [7, 11) is 2.10. The van der Waals surface area contributed by atoms with Crippen LogP contribution in [0.1, 0.15) is 46.5 Å². The summed E-state index contributed by atoms with van der Waals surface area (Å²) >= 11 is 0. The monoisotopic (exact) mass is 301 g/mol. The van der Waals surface area contributed by atoms with Gasteiger partial charge in [-0.15, -0.1) is 0 Å². The molecule has 0 heterocycles. The first-order valence-corrected chi connectivity index (χ1v) is 7.80. The highest BCUT2D eigenvalue weighted by molar-refractivity contribution is 5.74. The van der Waals surface area contributed by atoms with Crippen LogP contribution in [0.2, 0.25) is 0 Å². The molecule has 2 amide bonds. The molecule has 1 unspecified atom stereocenters. The second kappa shape index (κ2) is 11.4. The van der Waals surface area contributed by atoms with Crippen LogP contribution in [0.15, 0.2) is 0 Å². The Kier molecular flexibility index (Phi) is 10.7. The van der Waals surface area contributed by atoms with Gasteiger partial charge in [0.05, 0.1) is 0 Å². The zero-order valence-electron chi connectivity index (χ0n) is 13.8. The number of amides is 2. The van der Waals surface area contributed by atoms with E-state index in [1.165, 1.54) is 0 Å². The fourth-order valence-corrected chi connectivity index (χ4v) is 1.85. The highest BCUT2D eigenvalue weighted by Gasteiger charge is 2.12. The van der Waals surface area contributed by atoms with Crippen LogP contribution in [0, 0.1) is 5.92 Å². The summed E-state index contributed by atoms with van der Waals surface area (Å²) in [6.45, 7) is 8.33. The fraction of sp³-hybridized carbons (Fsp3) is 0.867. The van der Waals surface area contributed by atoms with Crippen molar-refractivity contribution in [3.63, 3.8) is 0 Å². The Labute approximate surface area is 128 Å². The molecule has 21 heavy (non-hydrogen) atoms. The summed E-state index contributed by atoms with van der Waals surface area (Å²) in [5.41, 5.74) is 0. The zero-order valence-corrected chi connectivity index (χ0v) is 13.8. The number of aliphatic carboxylic acids is 1. The first-order valence-electron chi connectivity index (χ1n) is 7.80. The summed E-state index contributed by atoms with van der Waals surface area (Å²) in [6.07, 6.45) is 2.83. The molecule has 0 aliphatic carbocycles. The number of carbonyl (C=O) groups is 2. The highest BCUT2D eigenvalue weighted by Crippen LogP contribution is 2.06. The molecule has 1 atom stereocenters. The van der Waals surface area contributed by atoms with E-state index in [0.29, 0.717) is 19.1 Å². The van der Waals surface area contributed by atoms with Crippen LogP contribution < -0.4 is 10.6 Å². The normalized spacial score (nSPS) is 12.5. The van der Waals surface area contributed by atoms with Gasteiger partial charge >= 0.3 is 12.0 Å². The fourth-order valence-electron chi connectivity index (χ4n) is 1.85. The van der Waals surface area contributed by atoms with Crippen LogP contribution in [0.4, 0.5) is 4.79 Å². The van der Waals surface area contributed by atoms with Crippen molar-refractivity contribution < 1.29 is 14.7 Å². The Morgan fingerprint density at radius 3 is 2.38 bits per heavy atom. The molecule has 6 nitrogen and oxygen atoms in total. The van der Waals surface area contributed by atoms with Gasteiger partial charge in [0.2, 0.25) is 0 Å². The van der Waals surface area contributed by atoms with E-state index < -0.39 is 5.97 Å². The van der Waals surface area contributed by atoms with Gasteiger partial charge in [0.1, 0.15) is 0 Å². The third-order valence-electron chi connectivity index (χ3n) is 3.70. The topological polar surface area (TPSA) is 81.7 Å². The van der Waals surface area contributed by atoms with Gasteiger partial charge in [0, 0.05) is 25.6 Å². The minimum atomic E-state index is -0.821. The third-order valence-corrected chi connectivity index (χ3v) is 3.70. The maximum Gasteiger partial charge on any atom is 0.314 e. The minimum Gasteiger partial charge on any atom is -0.481 e. The van der Waals surface area contributed by atoms with E-state index in [1.54, 1.807) is 0 Å². The molecular formula is C15H31N3O3. The summed E-state index contributed by atoms with van der Waals surface area (Å²) in [5, 5.41) is 14.3. The molecule has 0 aromatic heterocycles. The molecule has 6 heteroatoms. The van der Waals surface area contributed by atoms with E-state index in [4.69, 9.17) is 5.11 Å². The molecular weight excluding hydrogens is 270 g/mol. The van der Waals surface area contributed by atoms with E-state index in [1.807, 2.05) is 6.92 Å². The smallest absolute Gasteiger partial charge is 0.314 e. The molecule has 0 spiro atoms. The largest absolute Gasteiger partial charge is 0.481 e. The van der Waals surface area contributed by atoms with Gasteiger partial charge in [-0.25, -0.2) is 4.79 Å². The van der Waals surface area contributed by atoms with Crippen molar-refractivity contribution in [3.05, 3.63) is 0 Å². The number of carboxylic acids is 1. The van der Waals surface area contributed by atoms with Gasteiger partial charge in [-0.2, -0.15) is 0 Å². The predicted octanol–water partition coefficient (Wildman–Crippen LogP) is 1.91. The first kappa shape index (κ1) is 19.7. The summed E-state index contributed by atoms with van der Waals surface area (Å²) in [4.78, 5) is 24.5. The molecule has 0 aromatic carbocycles. The number of carbonyl (C=O) groups excluding carboxylic acids is 1. The maximum absolute atomic E-state index is 11.6. The average molecular weight is 301 g/mol. The van der Waals surface area contributed by atoms with E-state index in [2.05, 4.69) is 36.4 Å². The Morgan fingerprint density at radius 1 is 1.19 bits per heavy atom. The van der Waals surface area contributed by atoms with Gasteiger partial charge < -0.3 is 20.6 Å². The van der Waals surface area contributed by atoms with Crippen molar-refractivity contribution >= 4 is 12.0 Å². The summed E-state index contributed by atoms with van der Waals surface area (Å²) in [6, 6.07) is 0.331. The van der Waals surface area contributed by atoms with Crippen LogP contribution in [-0.4, -0.2) is 54.7 Å². The van der Waals surface area contributed by atoms with Gasteiger partial charge in [-0.1, -0.05) is 13.3 Å². The number of nitrogens with one attached hydrogen (secondary N) is 2. The highest BCUT2D eigenvalue weighted by atomic mass is 16.4. The van der Waals surface area contributed by atoms with Crippen molar-refractivity contribution in [3.8, 4) is 0 Å². The first-order chi connectivity index (χ1) is 9.86. The number of nitrogens with zero attached hydrogens (tertiary/aromatic N) is 1. The lowest BCUT2D eigenvalue weighted by Gasteiger charge is -2.20. The van der Waals surface area contributed by atoms with Crippen molar-refractivity contribution in [2.24, 2.45) is 5.92 Å². The Hall–Kier alpha value is -1.30. The Morgan fingerprint density at radius 2 is 1.86 bits per heavy atom. The van der Waals surface area contributed by atoms with Crippen molar-refractivity contribution in [1.82, 2.24) is 15.5 Å². The lowest BCUT2D eigenvalue weighted by molar-refractivity contribution is -0.138. The van der Waals surface area contributed by atoms with E-state index in [-0.39, 0.29) is 18.4 Å². The zero-order chi connectivity index (χ0) is 16.3. The van der Waals surface area contributed by atoms with Gasteiger partial charge in [0.25, 0.3) is 0 Å². The molecule has 0 aliphatic heterocycles. The number of hydrogen-bond acceptors (Lipinski definition) is 3. The number of rotatable bonds is 11. The summed E-state index contributed by atoms with van der Waals surface area (Å²) in [5.74, 6) is -0.828. The predicted molar refractivity (Wildman–Crippen MR) is 84.4 cm³/mol. The minimum absolute atomic E-state index is 0.00654. The summed E-state index contributed by atoms with van der Waals surface area (Å²) < 4.78 is 0. The van der Waals surface area contributed by atoms with Crippen LogP contribution in [0.3, 0.4) is 0 Å². The number of unbranched alkanes of at least 4 members (excludes halogenated alkanes) is 1. The lowest BCUT2D eigenvalue weighted by atomic mass is 10.0. The molecule has 124 valence electrons. The molecule has 0 rings (SSSR count). The molecule has 0 bridgehead atoms. The number of hydrogen-bond donors (Lipinski definition) is 3. The standard InChI is InChI=1S/C15H31N3O3/c1-5-13(10-14(19)20)11-17-15(21)16-8-6-7-9-18(4)12(2)3/h12-13H,5-11H2,1-4H3,(H,19,20)(H2,16,17,21). The van der Waals surface area contributed by atoms with E-state index in [9.17, 15) is 9.59 Å². The van der Waals surface area contributed by atoms with E-state index in [0.717, 1.165) is 25.8 Å². The Bertz CT molecular complexity index is 309.